The maximum absolute atomic E-state index is 9.67. The number of halogens is 4. The smallest absolute Gasteiger partial charge is 0.269 e. The van der Waals surface area contributed by atoms with Gasteiger partial charge in [-0.2, -0.15) is 0 Å². The number of hydrogen-bond donors (Lipinski definition) is 0. The summed E-state index contributed by atoms with van der Waals surface area (Å²) in [6, 6.07) is 0. The summed E-state index contributed by atoms with van der Waals surface area (Å²) in [6.45, 7) is 0. The summed E-state index contributed by atoms with van der Waals surface area (Å²) >= 11 is 0. The third-order valence-electron chi connectivity index (χ3n) is 5.99. The first kappa shape index (κ1) is 22.3. The van der Waals surface area contributed by atoms with Crippen LogP contribution in [0.15, 0.2) is 0 Å². The van der Waals surface area contributed by atoms with Gasteiger partial charge in [0.25, 0.3) is 0 Å². The predicted molar refractivity (Wildman–Crippen MR) is 99.1 cm³/mol. The minimum Gasteiger partial charge on any atom is -0.269 e. The second-order valence-electron chi connectivity index (χ2n) is 7.57. The molecule has 24 heavy (non-hydrogen) atoms. The van der Waals surface area contributed by atoms with Crippen LogP contribution in [0, 0.1) is 0 Å². The standard InChI is InChI=1S/C18H33P.BF3.FH/c1-4-10-16(11-5-1)19(17-12-6-2-7-13-17)18-14-8-3-9-15-18;2-1(3)4;/h16-18H,1-15H2;;1H. The van der Waals surface area contributed by atoms with Crippen molar-refractivity contribution >= 4 is 15.5 Å². The second-order valence-corrected chi connectivity index (χ2v) is 10.7. The van der Waals surface area contributed by atoms with E-state index in [-0.39, 0.29) is 4.70 Å². The molecule has 3 fully saturated rings. The Kier molecular flexibility index (Phi) is 11.6. The van der Waals surface area contributed by atoms with E-state index in [1.807, 2.05) is 0 Å². The van der Waals surface area contributed by atoms with Crippen LogP contribution in [-0.4, -0.2) is 24.5 Å². The van der Waals surface area contributed by atoms with Crippen molar-refractivity contribution in [3.8, 4) is 0 Å². The molecule has 0 aromatic rings. The summed E-state index contributed by atoms with van der Waals surface area (Å²) in [5.41, 5.74) is 3.57. The van der Waals surface area contributed by atoms with Gasteiger partial charge in [-0.1, -0.05) is 65.7 Å². The van der Waals surface area contributed by atoms with Gasteiger partial charge in [-0.05, 0) is 55.5 Å². The van der Waals surface area contributed by atoms with E-state index in [2.05, 4.69) is 0 Å². The molecule has 0 nitrogen and oxygen atoms in total. The molecule has 3 aliphatic carbocycles. The van der Waals surface area contributed by atoms with Crippen LogP contribution in [0.2, 0.25) is 0 Å². The molecule has 0 aromatic heterocycles. The van der Waals surface area contributed by atoms with Crippen LogP contribution in [0.4, 0.5) is 17.7 Å². The summed E-state index contributed by atoms with van der Waals surface area (Å²) in [4.78, 5) is 0. The minimum atomic E-state index is -3.67. The van der Waals surface area contributed by atoms with Gasteiger partial charge in [-0.15, -0.1) is 0 Å². The molecule has 0 aromatic carbocycles. The molecule has 0 N–H and O–H groups in total. The second kappa shape index (κ2) is 12.5. The highest BCUT2D eigenvalue weighted by molar-refractivity contribution is 7.60. The molecule has 0 saturated heterocycles. The molecule has 0 atom stereocenters. The van der Waals surface area contributed by atoms with E-state index >= 15 is 0 Å². The normalized spacial score (nSPS) is 24.0. The fourth-order valence-electron chi connectivity index (χ4n) is 5.03. The summed E-state index contributed by atoms with van der Waals surface area (Å²) < 4.78 is 29.0. The molecule has 0 unspecified atom stereocenters. The Bertz CT molecular complexity index is 256. The van der Waals surface area contributed by atoms with Crippen molar-refractivity contribution in [1.29, 1.82) is 0 Å². The van der Waals surface area contributed by atoms with Gasteiger partial charge in [-0.3, -0.25) is 17.7 Å². The number of hydrogen-bond acceptors (Lipinski definition) is 0. The van der Waals surface area contributed by atoms with Crippen molar-refractivity contribution in [1.82, 2.24) is 0 Å². The Hall–Kier alpha value is 0.215. The molecule has 3 aliphatic rings. The molecule has 0 radical (unpaired) electrons. The molecule has 0 heterocycles. The molecular formula is C18H34BF4P. The van der Waals surface area contributed by atoms with Crippen molar-refractivity contribution in [2.24, 2.45) is 0 Å². The van der Waals surface area contributed by atoms with Crippen molar-refractivity contribution < 1.29 is 17.7 Å². The first-order valence-corrected chi connectivity index (χ1v) is 11.4. The third kappa shape index (κ3) is 7.62. The van der Waals surface area contributed by atoms with E-state index in [9.17, 15) is 12.9 Å². The van der Waals surface area contributed by atoms with Gasteiger partial charge < -0.3 is 0 Å². The zero-order chi connectivity index (χ0) is 16.5. The van der Waals surface area contributed by atoms with Crippen LogP contribution in [0.3, 0.4) is 0 Å². The van der Waals surface area contributed by atoms with Crippen LogP contribution >= 0.6 is 7.92 Å². The highest BCUT2D eigenvalue weighted by Crippen LogP contribution is 2.61. The van der Waals surface area contributed by atoms with Gasteiger partial charge >= 0.3 is 7.54 Å². The summed E-state index contributed by atoms with van der Waals surface area (Å²) in [7, 11) is -3.28. The molecular weight excluding hydrogens is 334 g/mol. The molecule has 3 saturated carbocycles. The van der Waals surface area contributed by atoms with E-state index in [1.54, 1.807) is 77.0 Å². The van der Waals surface area contributed by atoms with Gasteiger partial charge in [0.1, 0.15) is 0 Å². The van der Waals surface area contributed by atoms with Crippen LogP contribution in [0.5, 0.6) is 0 Å². The molecule has 0 amide bonds. The maximum atomic E-state index is 9.67. The van der Waals surface area contributed by atoms with E-state index < -0.39 is 7.54 Å². The third-order valence-corrected chi connectivity index (χ3v) is 10.1. The van der Waals surface area contributed by atoms with E-state index in [4.69, 9.17) is 0 Å². The first-order chi connectivity index (χ1) is 11.2. The zero-order valence-electron chi connectivity index (χ0n) is 14.9. The SMILES string of the molecule is C1CCC(P(C2CCCCC2)C2CCCCC2)CC1.F.FB(F)F. The fourth-order valence-corrected chi connectivity index (χ4v) is 9.71. The Balaban J connectivity index is 0.000000522. The molecule has 0 bridgehead atoms. The van der Waals surface area contributed by atoms with Gasteiger partial charge in [-0.25, -0.2) is 0 Å². The highest BCUT2D eigenvalue weighted by atomic mass is 31.1. The highest BCUT2D eigenvalue weighted by Gasteiger charge is 2.36. The van der Waals surface area contributed by atoms with Gasteiger partial charge in [0.05, 0.1) is 0 Å². The topological polar surface area (TPSA) is 0 Å². The largest absolute Gasteiger partial charge is 0.762 e. The van der Waals surface area contributed by atoms with E-state index in [0.29, 0.717) is 7.92 Å². The van der Waals surface area contributed by atoms with Gasteiger partial charge in [0, 0.05) is 0 Å². The van der Waals surface area contributed by atoms with Crippen LogP contribution in [0.1, 0.15) is 96.3 Å². The van der Waals surface area contributed by atoms with Crippen LogP contribution in [-0.2, 0) is 0 Å². The average molecular weight is 368 g/mol. The Morgan fingerprint density at radius 1 is 0.500 bits per heavy atom. The Labute approximate surface area is 147 Å². The van der Waals surface area contributed by atoms with Crippen LogP contribution in [0.25, 0.3) is 0 Å². The molecule has 142 valence electrons. The van der Waals surface area contributed by atoms with Crippen LogP contribution < -0.4 is 0 Å². The summed E-state index contributed by atoms with van der Waals surface area (Å²) in [5, 5.41) is 0. The minimum absolute atomic E-state index is 0. The van der Waals surface area contributed by atoms with Crippen molar-refractivity contribution in [3.05, 3.63) is 0 Å². The molecule has 3 rings (SSSR count). The first-order valence-electron chi connectivity index (χ1n) is 9.88. The monoisotopic (exact) mass is 368 g/mol. The zero-order valence-corrected chi connectivity index (χ0v) is 15.8. The lowest BCUT2D eigenvalue weighted by Crippen LogP contribution is -2.28. The van der Waals surface area contributed by atoms with Crippen molar-refractivity contribution in [2.75, 3.05) is 0 Å². The van der Waals surface area contributed by atoms with Gasteiger partial charge in [0.2, 0.25) is 0 Å². The van der Waals surface area contributed by atoms with Gasteiger partial charge in [0.15, 0.2) is 0 Å². The number of rotatable bonds is 3. The molecule has 0 spiro atoms. The van der Waals surface area contributed by atoms with Crippen molar-refractivity contribution in [3.63, 3.8) is 0 Å². The fraction of sp³-hybridized carbons (Fsp3) is 1.00. The average Bonchev–Trinajstić information content (AvgIpc) is 2.58. The van der Waals surface area contributed by atoms with E-state index in [1.165, 1.54) is 36.2 Å². The Morgan fingerprint density at radius 2 is 0.708 bits per heavy atom. The summed E-state index contributed by atoms with van der Waals surface area (Å²) in [5.74, 6) is 0. The predicted octanol–water partition coefficient (Wildman–Crippen LogP) is 7.50. The maximum Gasteiger partial charge on any atom is 0.762 e. The Morgan fingerprint density at radius 3 is 0.917 bits per heavy atom. The molecule has 6 heteroatoms. The lowest BCUT2D eigenvalue weighted by atomic mass is 9.99. The van der Waals surface area contributed by atoms with E-state index in [0.717, 1.165) is 0 Å². The quantitative estimate of drug-likeness (QED) is 0.275. The lowest BCUT2D eigenvalue weighted by Gasteiger charge is -2.44. The summed E-state index contributed by atoms with van der Waals surface area (Å²) in [6.07, 6.45) is 23.6. The molecule has 0 aliphatic heterocycles. The van der Waals surface area contributed by atoms with Crippen molar-refractivity contribution in [2.45, 2.75) is 113 Å². The lowest BCUT2D eigenvalue weighted by molar-refractivity contribution is 0.460.